The molecule has 0 saturated heterocycles. The second-order valence-electron chi connectivity index (χ2n) is 1.36. The van der Waals surface area contributed by atoms with E-state index in [1.807, 2.05) is 0 Å². The predicted molar refractivity (Wildman–Crippen MR) is 44.3 cm³/mol. The lowest BCUT2D eigenvalue weighted by molar-refractivity contribution is -0.114. The average molecular weight is 174 g/mol. The Kier molecular flexibility index (Phi) is 4.00. The summed E-state index contributed by atoms with van der Waals surface area (Å²) in [4.78, 5) is 10.4. The lowest BCUT2D eigenvalue weighted by Crippen LogP contribution is -2.13. The van der Waals surface area contributed by atoms with Crippen LogP contribution in [0.5, 0.6) is 0 Å². The van der Waals surface area contributed by atoms with Gasteiger partial charge < -0.3 is 5.73 Å². The number of rotatable bonds is 2. The molecular formula is C5H6N2OS2. The van der Waals surface area contributed by atoms with E-state index < -0.39 is 5.91 Å². The number of hydrogen-bond donors (Lipinski definition) is 2. The molecule has 5 heteroatoms. The molecule has 0 bridgehead atoms. The van der Waals surface area contributed by atoms with Crippen molar-refractivity contribution in [3.8, 4) is 6.07 Å². The molecule has 0 radical (unpaired) electrons. The van der Waals surface area contributed by atoms with E-state index in [0.29, 0.717) is 4.24 Å². The zero-order valence-corrected chi connectivity index (χ0v) is 7.00. The van der Waals surface area contributed by atoms with Gasteiger partial charge in [0.25, 0.3) is 5.91 Å². The summed E-state index contributed by atoms with van der Waals surface area (Å²) < 4.78 is 0.356. The molecule has 0 fully saturated rings. The normalized spacial score (nSPS) is 11.7. The van der Waals surface area contributed by atoms with Crippen molar-refractivity contribution < 1.29 is 4.79 Å². The quantitative estimate of drug-likeness (QED) is 0.364. The summed E-state index contributed by atoms with van der Waals surface area (Å²) in [6.45, 7) is 0. The van der Waals surface area contributed by atoms with Crippen LogP contribution < -0.4 is 5.73 Å². The number of thioether (sulfide) groups is 1. The van der Waals surface area contributed by atoms with Crippen LogP contribution in [0, 0.1) is 11.3 Å². The maximum atomic E-state index is 10.4. The van der Waals surface area contributed by atoms with Gasteiger partial charge >= 0.3 is 0 Å². The number of nitrogens with zero attached hydrogens (tertiary/aromatic N) is 1. The number of hydrogen-bond acceptors (Lipinski definition) is 4. The molecule has 10 heavy (non-hydrogen) atoms. The van der Waals surface area contributed by atoms with Gasteiger partial charge in [-0.05, 0) is 6.26 Å². The van der Waals surface area contributed by atoms with Crippen molar-refractivity contribution >= 4 is 30.3 Å². The summed E-state index contributed by atoms with van der Waals surface area (Å²) in [6.07, 6.45) is 1.71. The van der Waals surface area contributed by atoms with Gasteiger partial charge in [0, 0.05) is 0 Å². The fourth-order valence-electron chi connectivity index (χ4n) is 0.310. The van der Waals surface area contributed by atoms with Crippen molar-refractivity contribution in [3.63, 3.8) is 0 Å². The molecule has 0 unspecified atom stereocenters. The number of nitrogens with two attached hydrogens (primary N) is 1. The smallest absolute Gasteiger partial charge is 0.261 e. The largest absolute Gasteiger partial charge is 0.365 e. The maximum Gasteiger partial charge on any atom is 0.261 e. The monoisotopic (exact) mass is 174 g/mol. The molecule has 0 aromatic rings. The van der Waals surface area contributed by atoms with Gasteiger partial charge in [0.1, 0.15) is 11.6 Å². The molecule has 2 N–H and O–H groups in total. The van der Waals surface area contributed by atoms with E-state index in [1.165, 1.54) is 11.8 Å². The van der Waals surface area contributed by atoms with Crippen molar-refractivity contribution in [2.75, 3.05) is 6.26 Å². The van der Waals surface area contributed by atoms with Crippen molar-refractivity contribution in [2.45, 2.75) is 0 Å². The number of thiol groups is 1. The average Bonchev–Trinajstić information content (AvgIpc) is 1.88. The Balaban J connectivity index is 4.68. The highest BCUT2D eigenvalue weighted by molar-refractivity contribution is 8.15. The molecule has 1 amide bonds. The molecule has 0 aliphatic carbocycles. The van der Waals surface area contributed by atoms with E-state index in [9.17, 15) is 4.79 Å². The molecule has 54 valence electrons. The summed E-state index contributed by atoms with van der Waals surface area (Å²) in [6, 6.07) is 1.66. The number of primary amides is 1. The molecular weight excluding hydrogens is 168 g/mol. The minimum atomic E-state index is -0.734. The van der Waals surface area contributed by atoms with Gasteiger partial charge in [-0.2, -0.15) is 5.26 Å². The summed E-state index contributed by atoms with van der Waals surface area (Å²) >= 11 is 5.07. The van der Waals surface area contributed by atoms with Crippen molar-refractivity contribution in [3.05, 3.63) is 9.81 Å². The molecule has 0 atom stereocenters. The van der Waals surface area contributed by atoms with Crippen LogP contribution in [0.1, 0.15) is 0 Å². The summed E-state index contributed by atoms with van der Waals surface area (Å²) in [7, 11) is 0. The predicted octanol–water partition coefficient (Wildman–Crippen LogP) is 0.500. The van der Waals surface area contributed by atoms with Crippen LogP contribution in [0.2, 0.25) is 0 Å². The van der Waals surface area contributed by atoms with E-state index >= 15 is 0 Å². The molecule has 0 aliphatic rings. The topological polar surface area (TPSA) is 66.9 Å². The number of nitriles is 1. The fraction of sp³-hybridized carbons (Fsp3) is 0.200. The molecule has 0 heterocycles. The Morgan fingerprint density at radius 1 is 1.80 bits per heavy atom. The number of carbonyl (C=O) groups excluding carboxylic acids is 1. The Bertz CT molecular complexity index is 216. The van der Waals surface area contributed by atoms with Gasteiger partial charge in [-0.3, -0.25) is 4.79 Å². The van der Waals surface area contributed by atoms with Crippen molar-refractivity contribution in [1.29, 1.82) is 5.26 Å². The molecule has 0 aromatic carbocycles. The van der Waals surface area contributed by atoms with Crippen LogP contribution in [0.25, 0.3) is 0 Å². The summed E-state index contributed by atoms with van der Waals surface area (Å²) in [5, 5.41) is 8.33. The van der Waals surface area contributed by atoms with Gasteiger partial charge in [-0.1, -0.05) is 0 Å². The first-order valence-electron chi connectivity index (χ1n) is 2.30. The highest BCUT2D eigenvalue weighted by Gasteiger charge is 2.07. The summed E-state index contributed by atoms with van der Waals surface area (Å²) in [5.41, 5.74) is 4.75. The van der Waals surface area contributed by atoms with E-state index in [4.69, 9.17) is 11.0 Å². The number of amides is 1. The first-order valence-corrected chi connectivity index (χ1v) is 3.97. The number of carbonyl (C=O) groups is 1. The molecule has 0 saturated carbocycles. The maximum absolute atomic E-state index is 10.4. The lowest BCUT2D eigenvalue weighted by atomic mass is 10.3. The SMILES string of the molecule is CS/C(S)=C(/C#N)C(N)=O. The third-order valence-corrected chi connectivity index (χ3v) is 2.13. The third kappa shape index (κ3) is 2.33. The molecule has 0 aliphatic heterocycles. The molecule has 0 aromatic heterocycles. The Morgan fingerprint density at radius 3 is 2.40 bits per heavy atom. The molecule has 0 spiro atoms. The Morgan fingerprint density at radius 2 is 2.30 bits per heavy atom. The molecule has 0 rings (SSSR count). The third-order valence-electron chi connectivity index (χ3n) is 0.765. The van der Waals surface area contributed by atoms with Crippen molar-refractivity contribution in [2.24, 2.45) is 5.73 Å². The zero-order chi connectivity index (χ0) is 8.15. The van der Waals surface area contributed by atoms with Gasteiger partial charge in [0.15, 0.2) is 0 Å². The van der Waals surface area contributed by atoms with Crippen LogP contribution in [0.15, 0.2) is 9.81 Å². The second-order valence-corrected chi connectivity index (χ2v) is 2.93. The highest BCUT2D eigenvalue weighted by atomic mass is 32.2. The zero-order valence-electron chi connectivity index (χ0n) is 5.29. The minimum absolute atomic E-state index is 0.0872. The van der Waals surface area contributed by atoms with E-state index in [0.717, 1.165) is 0 Å². The first-order chi connectivity index (χ1) is 4.63. The first kappa shape index (κ1) is 9.40. The van der Waals surface area contributed by atoms with Crippen LogP contribution in [0.4, 0.5) is 0 Å². The summed E-state index contributed by atoms with van der Waals surface area (Å²) in [5.74, 6) is -0.734. The van der Waals surface area contributed by atoms with Gasteiger partial charge in [-0.15, -0.1) is 24.4 Å². The van der Waals surface area contributed by atoms with Crippen LogP contribution in [-0.2, 0) is 4.79 Å². The Labute approximate surface area is 68.7 Å². The standard InChI is InChI=1S/C5H6N2OS2/c1-10-5(9)3(2-6)4(7)8/h9H,1H3,(H2,7,8)/b5-3-. The van der Waals surface area contributed by atoms with E-state index in [2.05, 4.69) is 12.6 Å². The van der Waals surface area contributed by atoms with Crippen LogP contribution in [0.3, 0.4) is 0 Å². The van der Waals surface area contributed by atoms with Crippen LogP contribution >= 0.6 is 24.4 Å². The fourth-order valence-corrected chi connectivity index (χ4v) is 0.821. The van der Waals surface area contributed by atoms with Crippen LogP contribution in [-0.4, -0.2) is 12.2 Å². The minimum Gasteiger partial charge on any atom is -0.365 e. The Hall–Kier alpha value is -0.600. The van der Waals surface area contributed by atoms with Gasteiger partial charge in [-0.25, -0.2) is 0 Å². The second kappa shape index (κ2) is 4.25. The van der Waals surface area contributed by atoms with E-state index in [1.54, 1.807) is 12.3 Å². The molecule has 3 nitrogen and oxygen atoms in total. The highest BCUT2D eigenvalue weighted by Crippen LogP contribution is 2.19. The van der Waals surface area contributed by atoms with Gasteiger partial charge in [0.05, 0.1) is 4.24 Å². The van der Waals surface area contributed by atoms with Crippen molar-refractivity contribution in [1.82, 2.24) is 0 Å². The van der Waals surface area contributed by atoms with Gasteiger partial charge in [0.2, 0.25) is 0 Å². The lowest BCUT2D eigenvalue weighted by Gasteiger charge is -1.94. The van der Waals surface area contributed by atoms with E-state index in [-0.39, 0.29) is 5.57 Å².